The van der Waals surface area contributed by atoms with Gasteiger partial charge in [-0.25, -0.2) is 9.37 Å². The molecule has 1 heterocycles. The minimum absolute atomic E-state index is 0.0875. The molecule has 4 nitrogen and oxygen atoms in total. The highest BCUT2D eigenvalue weighted by molar-refractivity contribution is 7.09. The Bertz CT molecular complexity index is 1540. The Morgan fingerprint density at radius 1 is 0.786 bits per heavy atom. The molecule has 0 bridgehead atoms. The SMILES string of the molecule is CC(C)(C)c1ccc(CN(Cc2ccc(F)cc2)Cc2nc(C(=O)NC(c3ccccc3)c3ccccc3)cs2)cc1. The summed E-state index contributed by atoms with van der Waals surface area (Å²) in [5.41, 5.74) is 6.01. The zero-order chi connectivity index (χ0) is 29.5. The molecule has 0 radical (unpaired) electrons. The number of benzene rings is 4. The molecule has 0 aliphatic rings. The Morgan fingerprint density at radius 2 is 1.31 bits per heavy atom. The number of hydrogen-bond acceptors (Lipinski definition) is 4. The van der Waals surface area contributed by atoms with Crippen LogP contribution in [-0.2, 0) is 25.0 Å². The third-order valence-electron chi connectivity index (χ3n) is 7.23. The maximum atomic E-state index is 13.6. The topological polar surface area (TPSA) is 45.2 Å². The summed E-state index contributed by atoms with van der Waals surface area (Å²) in [5, 5.41) is 5.87. The van der Waals surface area contributed by atoms with Gasteiger partial charge in [0.15, 0.2) is 0 Å². The molecule has 1 aromatic heterocycles. The van der Waals surface area contributed by atoms with Crippen LogP contribution in [0.3, 0.4) is 0 Å². The summed E-state index contributed by atoms with van der Waals surface area (Å²) in [6, 6.07) is 35.0. The first-order valence-corrected chi connectivity index (χ1v) is 15.0. The number of nitrogens with zero attached hydrogens (tertiary/aromatic N) is 2. The summed E-state index contributed by atoms with van der Waals surface area (Å²) in [6.45, 7) is 8.53. The number of hydrogen-bond donors (Lipinski definition) is 1. The largest absolute Gasteiger partial charge is 0.340 e. The van der Waals surface area contributed by atoms with E-state index >= 15 is 0 Å². The molecule has 0 unspecified atom stereocenters. The van der Waals surface area contributed by atoms with E-state index in [1.165, 1.54) is 34.6 Å². The summed E-state index contributed by atoms with van der Waals surface area (Å²) in [7, 11) is 0. The lowest BCUT2D eigenvalue weighted by Crippen LogP contribution is -2.29. The zero-order valence-electron chi connectivity index (χ0n) is 24.3. The Labute approximate surface area is 251 Å². The van der Waals surface area contributed by atoms with E-state index in [2.05, 4.69) is 55.3 Å². The van der Waals surface area contributed by atoms with Gasteiger partial charge in [-0.1, -0.05) is 118 Å². The van der Waals surface area contributed by atoms with Crippen molar-refractivity contribution in [3.05, 3.63) is 159 Å². The van der Waals surface area contributed by atoms with Crippen molar-refractivity contribution in [2.45, 2.75) is 51.9 Å². The molecule has 6 heteroatoms. The minimum Gasteiger partial charge on any atom is -0.340 e. The van der Waals surface area contributed by atoms with E-state index in [9.17, 15) is 9.18 Å². The first-order chi connectivity index (χ1) is 20.2. The van der Waals surface area contributed by atoms with Gasteiger partial charge in [-0.05, 0) is 45.4 Å². The first kappa shape index (κ1) is 29.4. The van der Waals surface area contributed by atoms with Gasteiger partial charge in [-0.3, -0.25) is 9.69 Å². The van der Waals surface area contributed by atoms with Crippen LogP contribution in [0.1, 0.15) is 70.1 Å². The van der Waals surface area contributed by atoms with Crippen LogP contribution < -0.4 is 5.32 Å². The standard InChI is InChI=1S/C36H36FN3OS/c1-36(2,3)30-18-14-26(15-19-30)22-40(23-27-16-20-31(37)21-17-27)24-33-38-32(25-42-33)35(41)39-34(28-10-6-4-7-11-28)29-12-8-5-9-13-29/h4-21,25,34H,22-24H2,1-3H3,(H,39,41). The van der Waals surface area contributed by atoms with Crippen LogP contribution in [0.25, 0.3) is 0 Å². The lowest BCUT2D eigenvalue weighted by molar-refractivity contribution is 0.0938. The number of halogens is 1. The van der Waals surface area contributed by atoms with Crippen LogP contribution in [0.4, 0.5) is 4.39 Å². The van der Waals surface area contributed by atoms with Crippen molar-refractivity contribution in [2.24, 2.45) is 0 Å². The summed E-state index contributed by atoms with van der Waals surface area (Å²) >= 11 is 1.48. The fourth-order valence-corrected chi connectivity index (χ4v) is 5.73. The number of carbonyl (C=O) groups is 1. The van der Waals surface area contributed by atoms with E-state index in [1.54, 1.807) is 0 Å². The van der Waals surface area contributed by atoms with Crippen molar-refractivity contribution in [1.29, 1.82) is 0 Å². The van der Waals surface area contributed by atoms with Gasteiger partial charge in [0, 0.05) is 18.5 Å². The van der Waals surface area contributed by atoms with E-state index in [0.717, 1.165) is 21.7 Å². The average molecular weight is 578 g/mol. The van der Waals surface area contributed by atoms with Gasteiger partial charge in [0.1, 0.15) is 16.5 Å². The lowest BCUT2D eigenvalue weighted by Gasteiger charge is -2.23. The fourth-order valence-electron chi connectivity index (χ4n) is 4.92. The van der Waals surface area contributed by atoms with E-state index in [4.69, 9.17) is 4.98 Å². The van der Waals surface area contributed by atoms with Crippen LogP contribution in [0.2, 0.25) is 0 Å². The van der Waals surface area contributed by atoms with Crippen LogP contribution >= 0.6 is 11.3 Å². The molecule has 5 aromatic rings. The third-order valence-corrected chi connectivity index (χ3v) is 8.06. The normalized spacial score (nSPS) is 11.7. The van der Waals surface area contributed by atoms with Gasteiger partial charge in [-0.2, -0.15) is 0 Å². The number of thiazole rings is 1. The summed E-state index contributed by atoms with van der Waals surface area (Å²) in [5.74, 6) is -0.457. The molecule has 4 aromatic carbocycles. The van der Waals surface area contributed by atoms with E-state index in [0.29, 0.717) is 25.3 Å². The highest BCUT2D eigenvalue weighted by atomic mass is 32.1. The quantitative estimate of drug-likeness (QED) is 0.182. The van der Waals surface area contributed by atoms with Crippen LogP contribution in [0.5, 0.6) is 0 Å². The van der Waals surface area contributed by atoms with Crippen molar-refractivity contribution in [1.82, 2.24) is 15.2 Å². The van der Waals surface area contributed by atoms with Crippen molar-refractivity contribution in [3.8, 4) is 0 Å². The molecule has 1 amide bonds. The van der Waals surface area contributed by atoms with Gasteiger partial charge in [-0.15, -0.1) is 11.3 Å². The molecule has 0 aliphatic carbocycles. The van der Waals surface area contributed by atoms with Gasteiger partial charge in [0.2, 0.25) is 0 Å². The molecule has 0 atom stereocenters. The van der Waals surface area contributed by atoms with Crippen molar-refractivity contribution < 1.29 is 9.18 Å². The molecule has 0 saturated heterocycles. The summed E-state index contributed by atoms with van der Waals surface area (Å²) in [4.78, 5) is 20.4. The number of amides is 1. The molecule has 0 spiro atoms. The molecule has 214 valence electrons. The Kier molecular flexibility index (Phi) is 9.25. The predicted octanol–water partition coefficient (Wildman–Crippen LogP) is 8.30. The molecule has 0 saturated carbocycles. The average Bonchev–Trinajstić information content (AvgIpc) is 3.46. The highest BCUT2D eigenvalue weighted by Crippen LogP contribution is 2.25. The second-order valence-electron chi connectivity index (χ2n) is 11.6. The van der Waals surface area contributed by atoms with E-state index < -0.39 is 0 Å². The molecule has 0 aliphatic heterocycles. The number of nitrogens with one attached hydrogen (secondary N) is 1. The van der Waals surface area contributed by atoms with Crippen LogP contribution in [0.15, 0.2) is 115 Å². The lowest BCUT2D eigenvalue weighted by atomic mass is 9.87. The predicted molar refractivity (Wildman–Crippen MR) is 169 cm³/mol. The molecule has 1 N–H and O–H groups in total. The van der Waals surface area contributed by atoms with Crippen molar-refractivity contribution in [2.75, 3.05) is 0 Å². The molecular formula is C36H36FN3OS. The van der Waals surface area contributed by atoms with Gasteiger partial charge >= 0.3 is 0 Å². The summed E-state index contributed by atoms with van der Waals surface area (Å²) < 4.78 is 13.6. The van der Waals surface area contributed by atoms with Crippen molar-refractivity contribution >= 4 is 17.2 Å². The van der Waals surface area contributed by atoms with Gasteiger partial charge in [0.05, 0.1) is 12.6 Å². The first-order valence-electron chi connectivity index (χ1n) is 14.2. The second kappa shape index (κ2) is 13.2. The van der Waals surface area contributed by atoms with Crippen LogP contribution in [0, 0.1) is 5.82 Å². The number of rotatable bonds is 10. The smallest absolute Gasteiger partial charge is 0.271 e. The monoisotopic (exact) mass is 577 g/mol. The maximum absolute atomic E-state index is 13.6. The Balaban J connectivity index is 1.33. The van der Waals surface area contributed by atoms with Gasteiger partial charge < -0.3 is 5.32 Å². The molecule has 0 fully saturated rings. The van der Waals surface area contributed by atoms with E-state index in [-0.39, 0.29) is 23.2 Å². The van der Waals surface area contributed by atoms with Crippen molar-refractivity contribution in [3.63, 3.8) is 0 Å². The van der Waals surface area contributed by atoms with Crippen LogP contribution in [-0.4, -0.2) is 15.8 Å². The minimum atomic E-state index is -0.281. The fraction of sp³-hybridized carbons (Fsp3) is 0.222. The molecular weight excluding hydrogens is 541 g/mol. The van der Waals surface area contributed by atoms with Gasteiger partial charge in [0.25, 0.3) is 5.91 Å². The number of aromatic nitrogens is 1. The Morgan fingerprint density at radius 3 is 1.83 bits per heavy atom. The number of carbonyl (C=O) groups excluding carboxylic acids is 1. The summed E-state index contributed by atoms with van der Waals surface area (Å²) in [6.07, 6.45) is 0. The Hall–Kier alpha value is -4.13. The zero-order valence-corrected chi connectivity index (χ0v) is 25.1. The highest BCUT2D eigenvalue weighted by Gasteiger charge is 2.20. The second-order valence-corrected chi connectivity index (χ2v) is 12.5. The molecule has 5 rings (SSSR count). The maximum Gasteiger partial charge on any atom is 0.271 e. The van der Waals surface area contributed by atoms with E-state index in [1.807, 2.05) is 78.2 Å². The third kappa shape index (κ3) is 7.78. The molecule has 42 heavy (non-hydrogen) atoms.